The van der Waals surface area contributed by atoms with Crippen LogP contribution in [0.25, 0.3) is 0 Å². The summed E-state index contributed by atoms with van der Waals surface area (Å²) in [5, 5.41) is 0. The molecule has 176 valence electrons. The van der Waals surface area contributed by atoms with E-state index in [-0.39, 0.29) is 17.6 Å². The van der Waals surface area contributed by atoms with Crippen LogP contribution >= 0.6 is 0 Å². The van der Waals surface area contributed by atoms with Crippen molar-refractivity contribution in [1.82, 2.24) is 4.90 Å². The van der Waals surface area contributed by atoms with Crippen molar-refractivity contribution < 1.29 is 27.5 Å². The first-order chi connectivity index (χ1) is 15.5. The third-order valence-corrected chi connectivity index (χ3v) is 6.23. The van der Waals surface area contributed by atoms with Gasteiger partial charge in [0.2, 0.25) is 15.8 Å². The van der Waals surface area contributed by atoms with Crippen molar-refractivity contribution >= 4 is 33.4 Å². The van der Waals surface area contributed by atoms with E-state index in [1.54, 1.807) is 11.0 Å². The number of Topliss-reactive ketones (excluding diaryl/α,β-unsaturated/α-hetero) is 1. The Morgan fingerprint density at radius 2 is 1.64 bits per heavy atom. The molecule has 33 heavy (non-hydrogen) atoms. The van der Waals surface area contributed by atoms with Gasteiger partial charge in [-0.2, -0.15) is 0 Å². The van der Waals surface area contributed by atoms with Gasteiger partial charge in [0.1, 0.15) is 0 Å². The Bertz CT molecular complexity index is 1140. The molecule has 1 fully saturated rings. The summed E-state index contributed by atoms with van der Waals surface area (Å²) < 4.78 is 30.3. The highest BCUT2D eigenvalue weighted by Crippen LogP contribution is 2.22. The van der Waals surface area contributed by atoms with Gasteiger partial charge in [-0.1, -0.05) is 18.2 Å². The van der Waals surface area contributed by atoms with E-state index in [2.05, 4.69) is 4.72 Å². The van der Waals surface area contributed by atoms with E-state index in [1.807, 2.05) is 25.1 Å². The number of sulfonamides is 1. The standard InChI is InChI=1S/C24H28N2O6S/c1-16-6-4-5-7-21(16)23(28)26-14-12-19(13-15-26)24(29)32-17(2)22(27)18-8-10-20(11-9-18)25-33(3,30)31/h4-11,17,19,25H,12-15H2,1-3H3/t17-/m0/s1. The molecule has 0 radical (unpaired) electrons. The molecule has 3 rings (SSSR count). The zero-order chi connectivity index (χ0) is 24.2. The molecule has 2 aromatic carbocycles. The molecule has 0 bridgehead atoms. The lowest BCUT2D eigenvalue weighted by Crippen LogP contribution is -2.41. The van der Waals surface area contributed by atoms with Gasteiger partial charge in [0, 0.05) is 29.9 Å². The number of amides is 1. The molecule has 1 N–H and O–H groups in total. The van der Waals surface area contributed by atoms with E-state index in [1.165, 1.54) is 31.2 Å². The Morgan fingerprint density at radius 3 is 2.21 bits per heavy atom. The van der Waals surface area contributed by atoms with Gasteiger partial charge in [0.15, 0.2) is 6.10 Å². The Labute approximate surface area is 194 Å². The van der Waals surface area contributed by atoms with Crippen molar-refractivity contribution in [2.45, 2.75) is 32.8 Å². The Balaban J connectivity index is 1.52. The average Bonchev–Trinajstić information content (AvgIpc) is 2.78. The zero-order valence-corrected chi connectivity index (χ0v) is 19.7. The van der Waals surface area contributed by atoms with Crippen LogP contribution in [0, 0.1) is 12.8 Å². The van der Waals surface area contributed by atoms with Gasteiger partial charge in [-0.15, -0.1) is 0 Å². The normalized spacial score (nSPS) is 15.5. The van der Waals surface area contributed by atoms with Crippen LogP contribution in [0.4, 0.5) is 5.69 Å². The first-order valence-electron chi connectivity index (χ1n) is 10.7. The van der Waals surface area contributed by atoms with Crippen LogP contribution < -0.4 is 4.72 Å². The molecule has 1 aliphatic heterocycles. The molecule has 0 aliphatic carbocycles. The second-order valence-electron chi connectivity index (χ2n) is 8.28. The van der Waals surface area contributed by atoms with E-state index in [9.17, 15) is 22.8 Å². The molecule has 1 saturated heterocycles. The Hall–Kier alpha value is -3.20. The minimum atomic E-state index is -3.41. The van der Waals surface area contributed by atoms with Crippen molar-refractivity contribution in [2.75, 3.05) is 24.1 Å². The highest BCUT2D eigenvalue weighted by atomic mass is 32.2. The molecule has 2 aromatic rings. The van der Waals surface area contributed by atoms with Crippen LogP contribution in [0.1, 0.15) is 46.0 Å². The number of carbonyl (C=O) groups is 3. The number of hydrogen-bond donors (Lipinski definition) is 1. The largest absolute Gasteiger partial charge is 0.454 e. The predicted molar refractivity (Wildman–Crippen MR) is 125 cm³/mol. The van der Waals surface area contributed by atoms with Crippen molar-refractivity contribution in [3.05, 3.63) is 65.2 Å². The van der Waals surface area contributed by atoms with Gasteiger partial charge in [-0.25, -0.2) is 8.42 Å². The van der Waals surface area contributed by atoms with Gasteiger partial charge in [0.25, 0.3) is 5.91 Å². The molecule has 1 amide bonds. The fourth-order valence-electron chi connectivity index (χ4n) is 3.78. The van der Waals surface area contributed by atoms with Crippen molar-refractivity contribution in [1.29, 1.82) is 0 Å². The summed E-state index contributed by atoms with van der Waals surface area (Å²) in [4.78, 5) is 39.7. The number of esters is 1. The van der Waals surface area contributed by atoms with Crippen LogP contribution in [0.15, 0.2) is 48.5 Å². The lowest BCUT2D eigenvalue weighted by Gasteiger charge is -2.31. The Kier molecular flexibility index (Phi) is 7.53. The smallest absolute Gasteiger partial charge is 0.309 e. The van der Waals surface area contributed by atoms with E-state index >= 15 is 0 Å². The van der Waals surface area contributed by atoms with Gasteiger partial charge in [-0.3, -0.25) is 19.1 Å². The fourth-order valence-corrected chi connectivity index (χ4v) is 4.34. The number of hydrogen-bond acceptors (Lipinski definition) is 6. The maximum Gasteiger partial charge on any atom is 0.309 e. The number of aryl methyl sites for hydroxylation is 1. The number of nitrogens with zero attached hydrogens (tertiary/aromatic N) is 1. The van der Waals surface area contributed by atoms with Gasteiger partial charge in [0.05, 0.1) is 12.2 Å². The monoisotopic (exact) mass is 472 g/mol. The van der Waals surface area contributed by atoms with E-state index in [0.717, 1.165) is 11.8 Å². The first kappa shape index (κ1) is 24.4. The summed E-state index contributed by atoms with van der Waals surface area (Å²) in [6, 6.07) is 13.3. The van der Waals surface area contributed by atoms with Gasteiger partial charge >= 0.3 is 5.97 Å². The number of anilines is 1. The van der Waals surface area contributed by atoms with Crippen LogP contribution in [0.3, 0.4) is 0 Å². The maximum atomic E-state index is 12.7. The molecular weight excluding hydrogens is 444 g/mol. The highest BCUT2D eigenvalue weighted by molar-refractivity contribution is 7.92. The molecule has 0 unspecified atom stereocenters. The third kappa shape index (κ3) is 6.41. The van der Waals surface area contributed by atoms with Crippen LogP contribution in [-0.2, 0) is 19.6 Å². The molecule has 0 saturated carbocycles. The Morgan fingerprint density at radius 1 is 1.03 bits per heavy atom. The first-order valence-corrected chi connectivity index (χ1v) is 12.6. The fraction of sp³-hybridized carbons (Fsp3) is 0.375. The van der Waals surface area contributed by atoms with Gasteiger partial charge < -0.3 is 9.64 Å². The number of carbonyl (C=O) groups excluding carboxylic acids is 3. The van der Waals surface area contributed by atoms with Gasteiger partial charge in [-0.05, 0) is 62.6 Å². The zero-order valence-electron chi connectivity index (χ0n) is 18.9. The number of nitrogens with one attached hydrogen (secondary N) is 1. The number of rotatable bonds is 7. The summed E-state index contributed by atoms with van der Waals surface area (Å²) in [7, 11) is -3.41. The number of benzene rings is 2. The summed E-state index contributed by atoms with van der Waals surface area (Å²) >= 11 is 0. The molecular formula is C24H28N2O6S. The van der Waals surface area contributed by atoms with Crippen LogP contribution in [0.2, 0.25) is 0 Å². The molecule has 1 atom stereocenters. The maximum absolute atomic E-state index is 12.7. The molecule has 9 heteroatoms. The van der Waals surface area contributed by atoms with Crippen molar-refractivity contribution in [3.8, 4) is 0 Å². The molecule has 8 nitrogen and oxygen atoms in total. The second kappa shape index (κ2) is 10.2. The predicted octanol–water partition coefficient (Wildman–Crippen LogP) is 3.03. The molecule has 0 spiro atoms. The third-order valence-electron chi connectivity index (χ3n) is 5.63. The van der Waals surface area contributed by atoms with Crippen LogP contribution in [0.5, 0.6) is 0 Å². The number of ketones is 1. The minimum absolute atomic E-state index is 0.0442. The number of ether oxygens (including phenoxy) is 1. The highest BCUT2D eigenvalue weighted by Gasteiger charge is 2.31. The number of likely N-dealkylation sites (tertiary alicyclic amines) is 1. The van der Waals surface area contributed by atoms with Crippen molar-refractivity contribution in [3.63, 3.8) is 0 Å². The quantitative estimate of drug-likeness (QED) is 0.490. The lowest BCUT2D eigenvalue weighted by atomic mass is 9.96. The summed E-state index contributed by atoms with van der Waals surface area (Å²) in [5.74, 6) is -1.24. The average molecular weight is 473 g/mol. The van der Waals surface area contributed by atoms with Crippen molar-refractivity contribution in [2.24, 2.45) is 5.92 Å². The van der Waals surface area contributed by atoms with E-state index in [4.69, 9.17) is 4.74 Å². The summed E-state index contributed by atoms with van der Waals surface area (Å²) in [6.45, 7) is 4.30. The molecule has 1 aliphatic rings. The summed E-state index contributed by atoms with van der Waals surface area (Å²) in [5.41, 5.74) is 2.23. The molecule has 0 aromatic heterocycles. The topological polar surface area (TPSA) is 110 Å². The summed E-state index contributed by atoms with van der Waals surface area (Å²) in [6.07, 6.45) is 1.02. The van der Waals surface area contributed by atoms with E-state index < -0.39 is 22.1 Å². The number of piperidine rings is 1. The molecule has 1 heterocycles. The lowest BCUT2D eigenvalue weighted by molar-refractivity contribution is -0.152. The van der Waals surface area contributed by atoms with Crippen LogP contribution in [-0.4, -0.2) is 56.4 Å². The minimum Gasteiger partial charge on any atom is -0.454 e. The second-order valence-corrected chi connectivity index (χ2v) is 10.0. The SMILES string of the molecule is Cc1ccccc1C(=O)N1CCC(C(=O)O[C@@H](C)C(=O)c2ccc(NS(C)(=O)=O)cc2)CC1. The van der Waals surface area contributed by atoms with E-state index in [0.29, 0.717) is 42.7 Å².